The number of halogens is 3. The predicted molar refractivity (Wildman–Crippen MR) is 158 cm³/mol. The van der Waals surface area contributed by atoms with E-state index in [-0.39, 0.29) is 22.9 Å². The third kappa shape index (κ3) is 7.25. The van der Waals surface area contributed by atoms with Crippen LogP contribution in [0, 0.1) is 5.82 Å². The summed E-state index contributed by atoms with van der Waals surface area (Å²) in [5, 5.41) is 7.65. The maximum absolute atomic E-state index is 13.4. The zero-order valence-electron chi connectivity index (χ0n) is 21.9. The van der Waals surface area contributed by atoms with Crippen LogP contribution >= 0.6 is 27.5 Å². The fourth-order valence-corrected chi connectivity index (χ4v) is 4.54. The Morgan fingerprint density at radius 1 is 1.18 bits per heavy atom. The summed E-state index contributed by atoms with van der Waals surface area (Å²) >= 11 is 9.92. The molecule has 0 unspecified atom stereocenters. The van der Waals surface area contributed by atoms with Crippen molar-refractivity contribution in [1.82, 2.24) is 9.66 Å². The molecule has 0 radical (unpaired) electrons. The van der Waals surface area contributed by atoms with Gasteiger partial charge in [0, 0.05) is 16.6 Å². The van der Waals surface area contributed by atoms with Gasteiger partial charge in [0.05, 0.1) is 28.7 Å². The second-order valence-electron chi connectivity index (χ2n) is 8.76. The van der Waals surface area contributed by atoms with E-state index in [0.29, 0.717) is 46.8 Å². The summed E-state index contributed by atoms with van der Waals surface area (Å²) in [5.74, 6) is 0.0643. The maximum atomic E-state index is 13.4. The number of benzene rings is 3. The number of aromatic nitrogens is 2. The number of nitrogens with one attached hydrogen (secondary N) is 1. The minimum atomic E-state index is -0.496. The standard InChI is InChI=1S/C29H27BrClFN4O4/c1-3-5-9-26-35-24-11-10-19(30)14-22(24)29(38)36(26)33-16-18-12-23(31)28(25(13-18)39-4-2)40-17-27(37)34-21-8-6-7-20(32)15-21/h6-8,10-16H,3-5,9,17H2,1-2H3,(H,34,37). The molecule has 8 nitrogen and oxygen atoms in total. The molecule has 208 valence electrons. The molecule has 4 rings (SSSR count). The summed E-state index contributed by atoms with van der Waals surface area (Å²) in [7, 11) is 0. The second-order valence-corrected chi connectivity index (χ2v) is 10.1. The Bertz CT molecular complexity index is 1630. The van der Waals surface area contributed by atoms with E-state index < -0.39 is 11.7 Å². The Morgan fingerprint density at radius 2 is 2.00 bits per heavy atom. The molecule has 1 aromatic heterocycles. The molecule has 0 bridgehead atoms. The number of anilines is 1. The second kappa shape index (κ2) is 13.5. The van der Waals surface area contributed by atoms with Crippen LogP contribution in [-0.4, -0.2) is 35.0 Å². The number of amides is 1. The largest absolute Gasteiger partial charge is 0.490 e. The van der Waals surface area contributed by atoms with Gasteiger partial charge in [0.1, 0.15) is 11.6 Å². The van der Waals surface area contributed by atoms with E-state index in [1.54, 1.807) is 37.3 Å². The average Bonchev–Trinajstić information content (AvgIpc) is 2.91. The van der Waals surface area contributed by atoms with Crippen LogP contribution in [0.4, 0.5) is 10.1 Å². The van der Waals surface area contributed by atoms with Gasteiger partial charge in [0.15, 0.2) is 18.1 Å². The summed E-state index contributed by atoms with van der Waals surface area (Å²) in [6.07, 6.45) is 3.87. The van der Waals surface area contributed by atoms with Crippen LogP contribution in [-0.2, 0) is 11.2 Å². The molecule has 4 aromatic rings. The van der Waals surface area contributed by atoms with Crippen LogP contribution in [0.3, 0.4) is 0 Å². The third-order valence-corrected chi connectivity index (χ3v) is 6.51. The number of hydrogen-bond donors (Lipinski definition) is 1. The van der Waals surface area contributed by atoms with E-state index in [9.17, 15) is 14.0 Å². The lowest BCUT2D eigenvalue weighted by Crippen LogP contribution is -2.22. The number of carbonyl (C=O) groups is 1. The molecule has 1 N–H and O–H groups in total. The van der Waals surface area contributed by atoms with Crippen LogP contribution in [0.2, 0.25) is 5.02 Å². The van der Waals surface area contributed by atoms with Crippen molar-refractivity contribution in [2.75, 3.05) is 18.5 Å². The molecule has 0 aliphatic carbocycles. The van der Waals surface area contributed by atoms with Gasteiger partial charge in [-0.3, -0.25) is 9.59 Å². The van der Waals surface area contributed by atoms with Crippen molar-refractivity contribution < 1.29 is 18.7 Å². The molecule has 0 fully saturated rings. The number of rotatable bonds is 11. The number of hydrogen-bond acceptors (Lipinski definition) is 6. The number of unbranched alkanes of at least 4 members (excludes halogenated alkanes) is 1. The minimum absolute atomic E-state index is 0.174. The minimum Gasteiger partial charge on any atom is -0.490 e. The Morgan fingerprint density at radius 3 is 2.75 bits per heavy atom. The summed E-state index contributed by atoms with van der Waals surface area (Å²) < 4.78 is 26.9. The summed E-state index contributed by atoms with van der Waals surface area (Å²) in [5.41, 5.74) is 1.18. The quantitative estimate of drug-likeness (QED) is 0.189. The van der Waals surface area contributed by atoms with Gasteiger partial charge in [0.2, 0.25) is 0 Å². The molecule has 0 aliphatic rings. The first-order chi connectivity index (χ1) is 19.3. The number of aryl methyl sites for hydroxylation is 1. The van der Waals surface area contributed by atoms with Crippen LogP contribution < -0.4 is 20.3 Å². The third-order valence-electron chi connectivity index (χ3n) is 5.74. The highest BCUT2D eigenvalue weighted by molar-refractivity contribution is 9.10. The van der Waals surface area contributed by atoms with Crippen LogP contribution in [0.15, 0.2) is 69.0 Å². The van der Waals surface area contributed by atoms with Crippen molar-refractivity contribution in [3.63, 3.8) is 0 Å². The highest BCUT2D eigenvalue weighted by Gasteiger charge is 2.15. The molecule has 0 atom stereocenters. The molecule has 0 saturated heterocycles. The monoisotopic (exact) mass is 628 g/mol. The van der Waals surface area contributed by atoms with Gasteiger partial charge in [-0.2, -0.15) is 9.78 Å². The Labute approximate surface area is 243 Å². The van der Waals surface area contributed by atoms with Crippen molar-refractivity contribution >= 4 is 56.2 Å². The smallest absolute Gasteiger partial charge is 0.282 e. The van der Waals surface area contributed by atoms with E-state index in [4.69, 9.17) is 21.1 Å². The van der Waals surface area contributed by atoms with E-state index >= 15 is 0 Å². The van der Waals surface area contributed by atoms with Crippen LogP contribution in [0.25, 0.3) is 10.9 Å². The van der Waals surface area contributed by atoms with Crippen LogP contribution in [0.5, 0.6) is 11.5 Å². The van der Waals surface area contributed by atoms with Crippen molar-refractivity contribution in [1.29, 1.82) is 0 Å². The molecule has 11 heteroatoms. The van der Waals surface area contributed by atoms with Gasteiger partial charge in [-0.15, -0.1) is 0 Å². The summed E-state index contributed by atoms with van der Waals surface area (Å²) in [4.78, 5) is 30.4. The van der Waals surface area contributed by atoms with Gasteiger partial charge in [-0.05, 0) is 67.4 Å². The molecule has 0 aliphatic heterocycles. The summed E-state index contributed by atoms with van der Waals surface area (Å²) in [6.45, 7) is 3.80. The zero-order valence-corrected chi connectivity index (χ0v) is 24.3. The molecular weight excluding hydrogens is 603 g/mol. The lowest BCUT2D eigenvalue weighted by molar-refractivity contribution is -0.118. The van der Waals surface area contributed by atoms with E-state index in [2.05, 4.69) is 38.3 Å². The van der Waals surface area contributed by atoms with Crippen molar-refractivity contribution in [2.45, 2.75) is 33.1 Å². The first-order valence-electron chi connectivity index (χ1n) is 12.7. The average molecular weight is 630 g/mol. The fourth-order valence-electron chi connectivity index (χ4n) is 3.90. The number of ether oxygens (including phenoxy) is 2. The first kappa shape index (κ1) is 29.2. The Kier molecular flexibility index (Phi) is 9.89. The lowest BCUT2D eigenvalue weighted by atomic mass is 10.2. The Balaban J connectivity index is 1.60. The van der Waals surface area contributed by atoms with Crippen molar-refractivity contribution in [2.24, 2.45) is 5.10 Å². The normalized spacial score (nSPS) is 11.2. The maximum Gasteiger partial charge on any atom is 0.282 e. The predicted octanol–water partition coefficient (Wildman–Crippen LogP) is 6.59. The lowest BCUT2D eigenvalue weighted by Gasteiger charge is -2.14. The van der Waals surface area contributed by atoms with E-state index in [1.165, 1.54) is 29.1 Å². The van der Waals surface area contributed by atoms with Gasteiger partial charge < -0.3 is 14.8 Å². The molecule has 0 spiro atoms. The number of fused-ring (bicyclic) bond motifs is 1. The van der Waals surface area contributed by atoms with Gasteiger partial charge in [-0.1, -0.05) is 46.9 Å². The zero-order chi connectivity index (χ0) is 28.6. The molecule has 1 amide bonds. The van der Waals surface area contributed by atoms with Crippen molar-refractivity contribution in [3.8, 4) is 11.5 Å². The van der Waals surface area contributed by atoms with E-state index in [0.717, 1.165) is 17.3 Å². The van der Waals surface area contributed by atoms with Gasteiger partial charge >= 0.3 is 0 Å². The SMILES string of the molecule is CCCCc1nc2ccc(Br)cc2c(=O)n1N=Cc1cc(Cl)c(OCC(=O)Nc2cccc(F)c2)c(OCC)c1. The number of nitrogens with zero attached hydrogens (tertiary/aromatic N) is 3. The van der Waals surface area contributed by atoms with E-state index in [1.807, 2.05) is 6.07 Å². The van der Waals surface area contributed by atoms with Crippen LogP contribution in [0.1, 0.15) is 38.1 Å². The van der Waals surface area contributed by atoms with Gasteiger partial charge in [-0.25, -0.2) is 9.37 Å². The highest BCUT2D eigenvalue weighted by atomic mass is 79.9. The van der Waals surface area contributed by atoms with Crippen molar-refractivity contribution in [3.05, 3.63) is 91.7 Å². The first-order valence-corrected chi connectivity index (χ1v) is 13.9. The molecule has 0 saturated carbocycles. The van der Waals surface area contributed by atoms with Gasteiger partial charge in [0.25, 0.3) is 11.5 Å². The Hall–Kier alpha value is -3.76. The topological polar surface area (TPSA) is 94.8 Å². The summed E-state index contributed by atoms with van der Waals surface area (Å²) in [6, 6.07) is 14.2. The fraction of sp³-hybridized carbons (Fsp3) is 0.241. The highest BCUT2D eigenvalue weighted by Crippen LogP contribution is 2.36. The molecular formula is C29H27BrClFN4O4. The molecule has 1 heterocycles. The number of carbonyl (C=O) groups excluding carboxylic acids is 1. The molecule has 3 aromatic carbocycles. The molecule has 40 heavy (non-hydrogen) atoms.